The van der Waals surface area contributed by atoms with Crippen molar-refractivity contribution in [3.05, 3.63) is 0 Å². The van der Waals surface area contributed by atoms with E-state index in [0.717, 1.165) is 30.1 Å². The van der Waals surface area contributed by atoms with E-state index in [1.54, 1.807) is 0 Å². The van der Waals surface area contributed by atoms with Gasteiger partial charge in [-0.2, -0.15) is 0 Å². The van der Waals surface area contributed by atoms with E-state index in [1.165, 1.54) is 70.6 Å². The van der Waals surface area contributed by atoms with Crippen LogP contribution < -0.4 is 5.73 Å². The van der Waals surface area contributed by atoms with Gasteiger partial charge in [0.05, 0.1) is 12.2 Å². The molecule has 0 aliphatic heterocycles. The van der Waals surface area contributed by atoms with E-state index in [-0.39, 0.29) is 6.54 Å². The summed E-state index contributed by atoms with van der Waals surface area (Å²) in [6.45, 7) is 18.4. The van der Waals surface area contributed by atoms with E-state index in [2.05, 4.69) is 48.5 Å². The number of rotatable bonds is 7. The van der Waals surface area contributed by atoms with Gasteiger partial charge >= 0.3 is 0 Å². The van der Waals surface area contributed by atoms with E-state index in [0.29, 0.717) is 45.3 Å². The molecular weight excluding hydrogens is 482 g/mol. The smallest absolute Gasteiger partial charge is 0.107 e. The lowest BCUT2D eigenvalue weighted by Crippen LogP contribution is -2.65. The van der Waals surface area contributed by atoms with Gasteiger partial charge in [0.1, 0.15) is 6.10 Å². The Kier molecular flexibility index (Phi) is 7.95. The fraction of sp³-hybridized carbons (Fsp3) is 1.00. The van der Waals surface area contributed by atoms with E-state index in [9.17, 15) is 15.3 Å². The average molecular weight is 546 g/mol. The summed E-state index contributed by atoms with van der Waals surface area (Å²) >= 11 is 0. The van der Waals surface area contributed by atoms with Crippen molar-refractivity contribution in [2.24, 2.45) is 68.3 Å². The molecule has 0 aromatic heterocycles. The zero-order valence-electron chi connectivity index (χ0n) is 26.5. The van der Waals surface area contributed by atoms with Gasteiger partial charge in [-0.05, 0) is 140 Å². The Labute approximate surface area is 240 Å². The first-order valence-electron chi connectivity index (χ1n) is 16.9. The van der Waals surface area contributed by atoms with Crippen LogP contribution in [0.3, 0.4) is 0 Å². The third kappa shape index (κ3) is 4.42. The largest absolute Gasteiger partial charge is 0.390 e. The normalized spacial score (nSPS) is 50.1. The average Bonchev–Trinajstić information content (AvgIpc) is 3.23. The molecule has 0 heterocycles. The Morgan fingerprint density at radius 3 is 1.92 bits per heavy atom. The van der Waals surface area contributed by atoms with Crippen LogP contribution in [-0.4, -0.2) is 40.2 Å². The third-order valence-electron chi connectivity index (χ3n) is 15.4. The zero-order valence-corrected chi connectivity index (χ0v) is 26.5. The van der Waals surface area contributed by atoms with Crippen molar-refractivity contribution >= 4 is 0 Å². The summed E-state index contributed by atoms with van der Waals surface area (Å²) in [5.41, 5.74) is 7.83. The second-order valence-corrected chi connectivity index (χ2v) is 17.2. The van der Waals surface area contributed by atoms with E-state index in [1.807, 2.05) is 0 Å². The minimum absolute atomic E-state index is 0.0195. The van der Waals surface area contributed by atoms with Crippen LogP contribution in [0.1, 0.15) is 132 Å². The van der Waals surface area contributed by atoms with Gasteiger partial charge in [0, 0.05) is 6.54 Å². The molecule has 4 nitrogen and oxygen atoms in total. The predicted molar refractivity (Wildman–Crippen MR) is 160 cm³/mol. The van der Waals surface area contributed by atoms with Crippen molar-refractivity contribution in [3.63, 3.8) is 0 Å². The van der Waals surface area contributed by atoms with Gasteiger partial charge in [-0.1, -0.05) is 54.9 Å². The van der Waals surface area contributed by atoms with Crippen LogP contribution in [0.25, 0.3) is 0 Å². The summed E-state index contributed by atoms with van der Waals surface area (Å²) in [5.74, 6) is 4.61. The van der Waals surface area contributed by atoms with E-state index in [4.69, 9.17) is 5.73 Å². The Hall–Kier alpha value is -0.160. The number of hydrogen-bond donors (Lipinski definition) is 4. The number of aliphatic hydroxyl groups is 3. The van der Waals surface area contributed by atoms with Gasteiger partial charge in [-0.25, -0.2) is 0 Å². The number of nitrogens with two attached hydrogens (primary N) is 1. The molecule has 39 heavy (non-hydrogen) atoms. The highest BCUT2D eigenvalue weighted by Gasteiger charge is 2.70. The first-order valence-corrected chi connectivity index (χ1v) is 16.9. The first-order chi connectivity index (χ1) is 18.2. The van der Waals surface area contributed by atoms with Gasteiger partial charge in [-0.15, -0.1) is 0 Å². The fourth-order valence-corrected chi connectivity index (χ4v) is 13.2. The van der Waals surface area contributed by atoms with Crippen LogP contribution >= 0.6 is 0 Å². The molecule has 5 fully saturated rings. The quantitative estimate of drug-likeness (QED) is 0.279. The lowest BCUT2D eigenvalue weighted by molar-refractivity contribution is -0.241. The van der Waals surface area contributed by atoms with Crippen molar-refractivity contribution in [1.29, 1.82) is 0 Å². The van der Waals surface area contributed by atoms with Gasteiger partial charge in [0.2, 0.25) is 0 Å². The van der Waals surface area contributed by atoms with Gasteiger partial charge < -0.3 is 21.1 Å². The summed E-state index contributed by atoms with van der Waals surface area (Å²) < 4.78 is 0. The molecule has 0 radical (unpaired) electrons. The van der Waals surface area contributed by atoms with Crippen LogP contribution in [0.4, 0.5) is 0 Å². The van der Waals surface area contributed by atoms with Crippen molar-refractivity contribution < 1.29 is 15.3 Å². The van der Waals surface area contributed by atoms with E-state index >= 15 is 0 Å². The SMILES string of the molecule is C[C@H](CC[C@H](O)[C@H](O)[C@H](O)CN)[C@H]1CC[C@]2(C)[C@H]3CC[C@@H]4[C@@]5(C)CCCC(C)(C)[C@@H]5CC[C@@]4(C)[C@]3(C)CC[C@@H]12. The molecule has 0 bridgehead atoms. The van der Waals surface area contributed by atoms with Crippen molar-refractivity contribution in [2.45, 2.75) is 150 Å². The Bertz CT molecular complexity index is 891. The zero-order chi connectivity index (χ0) is 28.6. The monoisotopic (exact) mass is 545 g/mol. The molecule has 0 amide bonds. The molecule has 4 heteroatoms. The minimum atomic E-state index is -1.14. The van der Waals surface area contributed by atoms with Gasteiger partial charge in [0.15, 0.2) is 0 Å². The Morgan fingerprint density at radius 2 is 1.28 bits per heavy atom. The highest BCUT2D eigenvalue weighted by molar-refractivity contribution is 5.19. The topological polar surface area (TPSA) is 86.7 Å². The number of hydrogen-bond acceptors (Lipinski definition) is 4. The Balaban J connectivity index is 1.33. The Morgan fingerprint density at radius 1 is 0.667 bits per heavy atom. The van der Waals surface area contributed by atoms with Crippen LogP contribution in [0.5, 0.6) is 0 Å². The standard InChI is InChI=1S/C35H63NO3/c1-22(9-10-25(37)30(39)26(38)21-36)23-13-18-32(4)24(23)14-19-34(6)28(32)11-12-29-33(5)17-8-16-31(2,3)27(33)15-20-35(29,34)7/h22-30,37-39H,8-21,36H2,1-7H3/t22-,23-,24+,25+,26-,27+,28-,29-,30+,32+,33+,34-,35-/m1/s1. The maximum absolute atomic E-state index is 10.5. The predicted octanol–water partition coefficient (Wildman–Crippen LogP) is 6.94. The van der Waals surface area contributed by atoms with E-state index < -0.39 is 18.3 Å². The van der Waals surface area contributed by atoms with Gasteiger partial charge in [-0.3, -0.25) is 0 Å². The van der Waals surface area contributed by atoms with Gasteiger partial charge in [0.25, 0.3) is 0 Å². The molecule has 5 N–H and O–H groups in total. The highest BCUT2D eigenvalue weighted by atomic mass is 16.4. The first kappa shape index (κ1) is 30.3. The molecule has 0 aromatic carbocycles. The van der Waals surface area contributed by atoms with Crippen LogP contribution in [0, 0.1) is 62.6 Å². The highest BCUT2D eigenvalue weighted by Crippen LogP contribution is 2.78. The molecular formula is C35H63NO3. The molecule has 0 unspecified atom stereocenters. The summed E-state index contributed by atoms with van der Waals surface area (Å²) in [7, 11) is 0. The van der Waals surface area contributed by atoms with Crippen LogP contribution in [0.2, 0.25) is 0 Å². The van der Waals surface area contributed by atoms with Crippen molar-refractivity contribution in [2.75, 3.05) is 6.54 Å². The van der Waals surface area contributed by atoms with Crippen molar-refractivity contribution in [1.82, 2.24) is 0 Å². The number of aliphatic hydroxyl groups excluding tert-OH is 3. The molecule has 0 aromatic rings. The maximum atomic E-state index is 10.5. The molecule has 5 aliphatic carbocycles. The summed E-state index contributed by atoms with van der Waals surface area (Å²) in [6, 6.07) is 0. The molecule has 13 atom stereocenters. The lowest BCUT2D eigenvalue weighted by atomic mass is 9.32. The lowest BCUT2D eigenvalue weighted by Gasteiger charge is -2.73. The third-order valence-corrected chi connectivity index (χ3v) is 15.4. The molecule has 5 saturated carbocycles. The molecule has 226 valence electrons. The van der Waals surface area contributed by atoms with Crippen molar-refractivity contribution in [3.8, 4) is 0 Å². The van der Waals surface area contributed by atoms with Crippen LogP contribution in [0.15, 0.2) is 0 Å². The molecule has 0 spiro atoms. The van der Waals surface area contributed by atoms with Crippen LogP contribution in [-0.2, 0) is 0 Å². The molecule has 5 aliphatic rings. The number of fused-ring (bicyclic) bond motifs is 7. The fourth-order valence-electron chi connectivity index (χ4n) is 13.2. The second kappa shape index (κ2) is 10.2. The molecule has 5 rings (SSSR count). The molecule has 0 saturated heterocycles. The summed E-state index contributed by atoms with van der Waals surface area (Å²) in [6.07, 6.45) is 13.8. The summed E-state index contributed by atoms with van der Waals surface area (Å²) in [4.78, 5) is 0. The second-order valence-electron chi connectivity index (χ2n) is 17.2. The maximum Gasteiger partial charge on any atom is 0.107 e. The summed E-state index contributed by atoms with van der Waals surface area (Å²) in [5, 5.41) is 30.6. The minimum Gasteiger partial charge on any atom is -0.390 e.